The molecule has 0 aromatic carbocycles. The molecule has 0 fully saturated rings. The van der Waals surface area contributed by atoms with E-state index in [1.807, 2.05) is 6.92 Å². The summed E-state index contributed by atoms with van der Waals surface area (Å²) in [6.07, 6.45) is 3.20. The van der Waals surface area contributed by atoms with Crippen molar-refractivity contribution in [3.05, 3.63) is 26.3 Å². The number of hydrogen-bond donors (Lipinski definition) is 0. The van der Waals surface area contributed by atoms with Crippen molar-refractivity contribution in [1.82, 2.24) is 0 Å². The van der Waals surface area contributed by atoms with Gasteiger partial charge < -0.3 is 0 Å². The Kier molecular flexibility index (Phi) is 5.66. The SMILES string of the molecule is CCCCOS(=O)(=O)/C(C)=C\c1ccc(Cl)s1. The molecular weight excluding hydrogens is 280 g/mol. The van der Waals surface area contributed by atoms with Crippen LogP contribution in [0.25, 0.3) is 6.08 Å². The summed E-state index contributed by atoms with van der Waals surface area (Å²) in [4.78, 5) is 1.00. The van der Waals surface area contributed by atoms with Crippen LogP contribution < -0.4 is 0 Å². The highest BCUT2D eigenvalue weighted by Gasteiger charge is 2.14. The fourth-order valence-electron chi connectivity index (χ4n) is 1.08. The van der Waals surface area contributed by atoms with Gasteiger partial charge in [0.25, 0.3) is 10.1 Å². The van der Waals surface area contributed by atoms with Gasteiger partial charge in [-0.1, -0.05) is 24.9 Å². The molecule has 0 aliphatic heterocycles. The van der Waals surface area contributed by atoms with E-state index >= 15 is 0 Å². The van der Waals surface area contributed by atoms with Gasteiger partial charge in [0.05, 0.1) is 15.8 Å². The van der Waals surface area contributed by atoms with Gasteiger partial charge in [-0.2, -0.15) is 8.42 Å². The Balaban J connectivity index is 2.74. The second-order valence-electron chi connectivity index (χ2n) is 3.53. The van der Waals surface area contributed by atoms with Crippen LogP contribution in [0, 0.1) is 0 Å². The van der Waals surface area contributed by atoms with E-state index in [1.165, 1.54) is 18.3 Å². The topological polar surface area (TPSA) is 43.4 Å². The van der Waals surface area contributed by atoms with Gasteiger partial charge >= 0.3 is 0 Å². The lowest BCUT2D eigenvalue weighted by atomic mass is 10.4. The van der Waals surface area contributed by atoms with Gasteiger partial charge in [-0.25, -0.2) is 0 Å². The lowest BCUT2D eigenvalue weighted by Crippen LogP contribution is -2.07. The molecule has 0 saturated heterocycles. The third kappa shape index (κ3) is 4.79. The summed E-state index contributed by atoms with van der Waals surface area (Å²) in [5.74, 6) is 0. The van der Waals surface area contributed by atoms with Crippen LogP contribution in [0.15, 0.2) is 17.0 Å². The predicted molar refractivity (Wildman–Crippen MR) is 72.8 cm³/mol. The van der Waals surface area contributed by atoms with E-state index in [0.29, 0.717) is 4.34 Å². The first-order chi connectivity index (χ1) is 7.95. The zero-order chi connectivity index (χ0) is 12.9. The van der Waals surface area contributed by atoms with Crippen LogP contribution in [0.5, 0.6) is 0 Å². The first-order valence-corrected chi connectivity index (χ1v) is 7.89. The molecule has 0 bridgehead atoms. The van der Waals surface area contributed by atoms with Crippen LogP contribution in [0.4, 0.5) is 0 Å². The van der Waals surface area contributed by atoms with Crippen molar-refractivity contribution in [3.8, 4) is 0 Å². The Bertz CT molecular complexity index is 489. The zero-order valence-electron chi connectivity index (χ0n) is 9.77. The predicted octanol–water partition coefficient (Wildman–Crippen LogP) is 3.91. The second kappa shape index (κ2) is 6.54. The molecule has 0 amide bonds. The lowest BCUT2D eigenvalue weighted by Gasteiger charge is -2.04. The van der Waals surface area contributed by atoms with E-state index in [2.05, 4.69) is 0 Å². The molecule has 3 nitrogen and oxygen atoms in total. The third-order valence-corrected chi connectivity index (χ3v) is 4.63. The summed E-state index contributed by atoms with van der Waals surface area (Å²) in [5.41, 5.74) is 0. The van der Waals surface area contributed by atoms with Crippen LogP contribution in [-0.2, 0) is 14.3 Å². The van der Waals surface area contributed by atoms with E-state index in [4.69, 9.17) is 15.8 Å². The summed E-state index contributed by atoms with van der Waals surface area (Å²) in [7, 11) is -3.60. The van der Waals surface area contributed by atoms with Gasteiger partial charge in [0, 0.05) is 4.88 Å². The van der Waals surface area contributed by atoms with E-state index in [1.54, 1.807) is 18.2 Å². The van der Waals surface area contributed by atoms with Crippen molar-refractivity contribution < 1.29 is 12.6 Å². The van der Waals surface area contributed by atoms with Gasteiger partial charge in [0.15, 0.2) is 0 Å². The highest BCUT2D eigenvalue weighted by Crippen LogP contribution is 2.24. The highest BCUT2D eigenvalue weighted by atomic mass is 35.5. The minimum Gasteiger partial charge on any atom is -0.267 e. The molecule has 0 atom stereocenters. The number of thiophene rings is 1. The van der Waals surface area contributed by atoms with Crippen molar-refractivity contribution in [1.29, 1.82) is 0 Å². The summed E-state index contributed by atoms with van der Waals surface area (Å²) in [6.45, 7) is 3.73. The molecule has 96 valence electrons. The van der Waals surface area contributed by atoms with Crippen molar-refractivity contribution >= 4 is 39.1 Å². The lowest BCUT2D eigenvalue weighted by molar-refractivity contribution is 0.315. The van der Waals surface area contributed by atoms with Crippen LogP contribution in [-0.4, -0.2) is 15.0 Å². The van der Waals surface area contributed by atoms with Gasteiger partial charge in [-0.3, -0.25) is 4.18 Å². The maximum absolute atomic E-state index is 11.7. The number of halogens is 1. The quantitative estimate of drug-likeness (QED) is 0.590. The largest absolute Gasteiger partial charge is 0.292 e. The Morgan fingerprint density at radius 1 is 1.53 bits per heavy atom. The monoisotopic (exact) mass is 294 g/mol. The summed E-state index contributed by atoms with van der Waals surface area (Å²) in [6, 6.07) is 3.51. The van der Waals surface area contributed by atoms with Crippen LogP contribution in [0.3, 0.4) is 0 Å². The molecule has 0 aliphatic rings. The number of rotatable bonds is 6. The Morgan fingerprint density at radius 2 is 2.24 bits per heavy atom. The van der Waals surface area contributed by atoms with Crippen molar-refractivity contribution in [2.24, 2.45) is 0 Å². The Morgan fingerprint density at radius 3 is 2.76 bits per heavy atom. The van der Waals surface area contributed by atoms with Gasteiger partial charge in [-0.05, 0) is 31.6 Å². The molecular formula is C11H15ClO3S2. The number of unbranched alkanes of at least 4 members (excludes halogenated alkanes) is 1. The standard InChI is InChI=1S/C11H15ClO3S2/c1-3-4-7-15-17(13,14)9(2)8-10-5-6-11(12)16-10/h5-6,8H,3-4,7H2,1-2H3/b9-8-. The maximum Gasteiger partial charge on any atom is 0.292 e. The molecule has 0 saturated carbocycles. The molecule has 0 N–H and O–H groups in total. The average molecular weight is 295 g/mol. The van der Waals surface area contributed by atoms with E-state index in [-0.39, 0.29) is 11.5 Å². The smallest absolute Gasteiger partial charge is 0.267 e. The fraction of sp³-hybridized carbons (Fsp3) is 0.455. The maximum atomic E-state index is 11.7. The van der Waals surface area contributed by atoms with Crippen molar-refractivity contribution in [2.45, 2.75) is 26.7 Å². The zero-order valence-corrected chi connectivity index (χ0v) is 12.2. The minimum atomic E-state index is -3.60. The van der Waals surface area contributed by atoms with Crippen molar-refractivity contribution in [3.63, 3.8) is 0 Å². The first-order valence-electron chi connectivity index (χ1n) is 5.29. The summed E-state index contributed by atoms with van der Waals surface area (Å²) >= 11 is 7.10. The molecule has 0 unspecified atom stereocenters. The highest BCUT2D eigenvalue weighted by molar-refractivity contribution is 7.90. The average Bonchev–Trinajstić information content (AvgIpc) is 2.64. The van der Waals surface area contributed by atoms with E-state index < -0.39 is 10.1 Å². The Labute approximate surface area is 111 Å². The van der Waals surface area contributed by atoms with Crippen molar-refractivity contribution in [2.75, 3.05) is 6.61 Å². The molecule has 0 spiro atoms. The van der Waals surface area contributed by atoms with Crippen LogP contribution in [0.2, 0.25) is 4.34 Å². The molecule has 0 radical (unpaired) electrons. The second-order valence-corrected chi connectivity index (χ2v) is 7.06. The molecule has 1 heterocycles. The molecule has 1 aromatic heterocycles. The first kappa shape index (κ1) is 14.7. The third-order valence-electron chi connectivity index (χ3n) is 2.07. The molecule has 1 rings (SSSR count). The number of hydrogen-bond acceptors (Lipinski definition) is 4. The van der Waals surface area contributed by atoms with Gasteiger partial charge in [0.1, 0.15) is 0 Å². The van der Waals surface area contributed by atoms with Gasteiger partial charge in [-0.15, -0.1) is 11.3 Å². The molecule has 17 heavy (non-hydrogen) atoms. The fourth-order valence-corrected chi connectivity index (χ4v) is 3.02. The van der Waals surface area contributed by atoms with Gasteiger partial charge in [0.2, 0.25) is 0 Å². The van der Waals surface area contributed by atoms with Crippen LogP contribution >= 0.6 is 22.9 Å². The van der Waals surface area contributed by atoms with Crippen LogP contribution in [0.1, 0.15) is 31.6 Å². The normalized spacial score (nSPS) is 13.0. The summed E-state index contributed by atoms with van der Waals surface area (Å²) < 4.78 is 28.9. The number of allylic oxidation sites excluding steroid dienone is 1. The molecule has 1 aromatic rings. The van der Waals surface area contributed by atoms with E-state index in [9.17, 15) is 8.42 Å². The van der Waals surface area contributed by atoms with E-state index in [0.717, 1.165) is 17.7 Å². The minimum absolute atomic E-state index is 0.201. The molecule has 6 heteroatoms. The Hall–Kier alpha value is -0.360. The molecule has 0 aliphatic carbocycles. The summed E-state index contributed by atoms with van der Waals surface area (Å²) in [5, 5.41) is 0.